The Balaban J connectivity index is 3.30. The summed E-state index contributed by atoms with van der Waals surface area (Å²) in [5.41, 5.74) is -1.13. The Bertz CT molecular complexity index is 401. The van der Waals surface area contributed by atoms with Crippen molar-refractivity contribution in [3.05, 3.63) is 28.8 Å². The maximum absolute atomic E-state index is 13.4. The lowest BCUT2D eigenvalue weighted by molar-refractivity contribution is 0.144. The van der Waals surface area contributed by atoms with Crippen molar-refractivity contribution in [1.29, 1.82) is 5.26 Å². The average molecular weight is 235 g/mol. The second-order valence-electron chi connectivity index (χ2n) is 2.73. The molecule has 6 heteroatoms. The van der Waals surface area contributed by atoms with E-state index in [1.807, 2.05) is 0 Å². The number of hydrogen-bond acceptors (Lipinski definition) is 2. The molecule has 2 nitrogen and oxygen atoms in total. The van der Waals surface area contributed by atoms with E-state index in [4.69, 9.17) is 16.9 Å². The van der Waals surface area contributed by atoms with Crippen molar-refractivity contribution >= 4 is 11.6 Å². The molecule has 1 aromatic heterocycles. The van der Waals surface area contributed by atoms with Gasteiger partial charge in [-0.2, -0.15) is 5.26 Å². The summed E-state index contributed by atoms with van der Waals surface area (Å²) in [5, 5.41) is 8.34. The third kappa shape index (κ3) is 2.39. The van der Waals surface area contributed by atoms with Crippen molar-refractivity contribution in [3.8, 4) is 6.07 Å². The molecule has 0 radical (unpaired) electrons. The first-order valence-electron chi connectivity index (χ1n) is 3.99. The highest BCUT2D eigenvalue weighted by molar-refractivity contribution is 6.17. The van der Waals surface area contributed by atoms with Gasteiger partial charge in [-0.3, -0.25) is 4.98 Å². The molecule has 0 aliphatic rings. The Hall–Kier alpha value is -1.28. The molecule has 80 valence electrons. The molecule has 0 saturated heterocycles. The topological polar surface area (TPSA) is 36.7 Å². The van der Waals surface area contributed by atoms with Gasteiger partial charge < -0.3 is 0 Å². The molecule has 0 aromatic carbocycles. The highest BCUT2D eigenvalue weighted by Crippen LogP contribution is 2.27. The Kier molecular flexibility index (Phi) is 3.92. The van der Waals surface area contributed by atoms with Crippen molar-refractivity contribution in [3.63, 3.8) is 0 Å². The molecule has 0 atom stereocenters. The maximum Gasteiger partial charge on any atom is 0.268 e. The second kappa shape index (κ2) is 4.99. The molecule has 0 amide bonds. The molecular formula is C9H6ClF3N2. The summed E-state index contributed by atoms with van der Waals surface area (Å²) in [6.07, 6.45) is -2.21. The zero-order valence-corrected chi connectivity index (χ0v) is 8.23. The van der Waals surface area contributed by atoms with E-state index in [9.17, 15) is 13.2 Å². The fraction of sp³-hybridized carbons (Fsp3) is 0.333. The number of rotatable bonds is 3. The predicted octanol–water partition coefficient (Wildman–Crippen LogP) is 2.96. The standard InChI is InChI=1S/C9H6ClF3N2/c10-3-6-7(9(12)13)8(11)5(1-2-14)4-15-6/h4,9H,1,3H2. The van der Waals surface area contributed by atoms with Gasteiger partial charge in [0.1, 0.15) is 5.82 Å². The van der Waals surface area contributed by atoms with E-state index in [1.165, 1.54) is 0 Å². The number of pyridine rings is 1. The van der Waals surface area contributed by atoms with Gasteiger partial charge in [0.15, 0.2) is 0 Å². The summed E-state index contributed by atoms with van der Waals surface area (Å²) in [6, 6.07) is 1.67. The third-order valence-corrected chi connectivity index (χ3v) is 2.07. The molecule has 1 rings (SSSR count). The summed E-state index contributed by atoms with van der Waals surface area (Å²) < 4.78 is 38.4. The van der Waals surface area contributed by atoms with Crippen molar-refractivity contribution in [2.24, 2.45) is 0 Å². The van der Waals surface area contributed by atoms with E-state index in [-0.39, 0.29) is 23.6 Å². The van der Waals surface area contributed by atoms with Gasteiger partial charge >= 0.3 is 0 Å². The lowest BCUT2D eigenvalue weighted by Gasteiger charge is -2.08. The van der Waals surface area contributed by atoms with Crippen LogP contribution < -0.4 is 0 Å². The van der Waals surface area contributed by atoms with Crippen LogP contribution in [0, 0.1) is 17.1 Å². The minimum atomic E-state index is -2.98. The van der Waals surface area contributed by atoms with Gasteiger partial charge in [-0.05, 0) is 0 Å². The van der Waals surface area contributed by atoms with Crippen LogP contribution in [0.4, 0.5) is 13.2 Å². The summed E-state index contributed by atoms with van der Waals surface area (Å²) in [5.74, 6) is -1.37. The van der Waals surface area contributed by atoms with Crippen LogP contribution in [0.1, 0.15) is 23.2 Å². The van der Waals surface area contributed by atoms with E-state index < -0.39 is 17.8 Å². The normalized spacial score (nSPS) is 10.4. The van der Waals surface area contributed by atoms with E-state index in [0.717, 1.165) is 6.20 Å². The van der Waals surface area contributed by atoms with E-state index in [2.05, 4.69) is 4.98 Å². The molecule has 0 spiro atoms. The van der Waals surface area contributed by atoms with Gasteiger partial charge in [0.05, 0.1) is 29.6 Å². The Morgan fingerprint density at radius 2 is 2.20 bits per heavy atom. The molecule has 0 aliphatic carbocycles. The smallest absolute Gasteiger partial charge is 0.259 e. The summed E-state index contributed by atoms with van der Waals surface area (Å²) in [6.45, 7) is 0. The van der Waals surface area contributed by atoms with Gasteiger partial charge in [-0.1, -0.05) is 0 Å². The molecule has 1 heterocycles. The van der Waals surface area contributed by atoms with Crippen LogP contribution in [0.15, 0.2) is 6.20 Å². The first kappa shape index (κ1) is 11.8. The number of halogens is 4. The minimum Gasteiger partial charge on any atom is -0.259 e. The van der Waals surface area contributed by atoms with Crippen LogP contribution in [0.5, 0.6) is 0 Å². The molecular weight excluding hydrogens is 229 g/mol. The van der Waals surface area contributed by atoms with Crippen LogP contribution in [-0.2, 0) is 12.3 Å². The number of hydrogen-bond donors (Lipinski definition) is 0. The maximum atomic E-state index is 13.4. The molecule has 0 fully saturated rings. The van der Waals surface area contributed by atoms with Crippen LogP contribution in [0.3, 0.4) is 0 Å². The van der Waals surface area contributed by atoms with Gasteiger partial charge in [-0.15, -0.1) is 11.6 Å². The zero-order valence-electron chi connectivity index (χ0n) is 7.48. The Morgan fingerprint density at radius 3 is 2.67 bits per heavy atom. The lowest BCUT2D eigenvalue weighted by atomic mass is 10.1. The van der Waals surface area contributed by atoms with Gasteiger partial charge in [-0.25, -0.2) is 13.2 Å². The van der Waals surface area contributed by atoms with Gasteiger partial charge in [0.25, 0.3) is 6.43 Å². The van der Waals surface area contributed by atoms with E-state index in [0.29, 0.717) is 0 Å². The number of aromatic nitrogens is 1. The molecule has 0 aliphatic heterocycles. The first-order valence-corrected chi connectivity index (χ1v) is 4.52. The van der Waals surface area contributed by atoms with Crippen molar-refractivity contribution in [2.75, 3.05) is 0 Å². The molecule has 0 unspecified atom stereocenters. The van der Waals surface area contributed by atoms with E-state index >= 15 is 0 Å². The van der Waals surface area contributed by atoms with Crippen molar-refractivity contribution in [2.45, 2.75) is 18.7 Å². The van der Waals surface area contributed by atoms with Crippen LogP contribution in [-0.4, -0.2) is 4.98 Å². The molecule has 0 saturated carbocycles. The van der Waals surface area contributed by atoms with Crippen LogP contribution >= 0.6 is 11.6 Å². The monoisotopic (exact) mass is 234 g/mol. The number of nitrogens with zero attached hydrogens (tertiary/aromatic N) is 2. The molecule has 0 N–H and O–H groups in total. The fourth-order valence-electron chi connectivity index (χ4n) is 1.12. The summed E-state index contributed by atoms with van der Waals surface area (Å²) in [4.78, 5) is 3.59. The van der Waals surface area contributed by atoms with Crippen LogP contribution in [0.25, 0.3) is 0 Å². The van der Waals surface area contributed by atoms with Gasteiger partial charge in [0.2, 0.25) is 0 Å². The SMILES string of the molecule is N#CCc1cnc(CCl)c(C(F)F)c1F. The number of alkyl halides is 3. The Morgan fingerprint density at radius 1 is 1.53 bits per heavy atom. The second-order valence-corrected chi connectivity index (χ2v) is 2.99. The first-order chi connectivity index (χ1) is 7.11. The molecule has 15 heavy (non-hydrogen) atoms. The van der Waals surface area contributed by atoms with E-state index in [1.54, 1.807) is 6.07 Å². The molecule has 1 aromatic rings. The number of nitriles is 1. The van der Waals surface area contributed by atoms with Crippen molar-refractivity contribution < 1.29 is 13.2 Å². The van der Waals surface area contributed by atoms with Crippen LogP contribution in [0.2, 0.25) is 0 Å². The average Bonchev–Trinajstić information content (AvgIpc) is 2.20. The highest BCUT2D eigenvalue weighted by atomic mass is 35.5. The summed E-state index contributed by atoms with van der Waals surface area (Å²) >= 11 is 5.35. The summed E-state index contributed by atoms with van der Waals surface area (Å²) in [7, 11) is 0. The minimum absolute atomic E-state index is 0.137. The molecule has 0 bridgehead atoms. The highest BCUT2D eigenvalue weighted by Gasteiger charge is 2.21. The van der Waals surface area contributed by atoms with Crippen molar-refractivity contribution in [1.82, 2.24) is 4.98 Å². The van der Waals surface area contributed by atoms with Gasteiger partial charge in [0, 0.05) is 11.8 Å². The lowest BCUT2D eigenvalue weighted by Crippen LogP contribution is -2.04. The quantitative estimate of drug-likeness (QED) is 0.754. The largest absolute Gasteiger partial charge is 0.268 e. The predicted molar refractivity (Wildman–Crippen MR) is 48.0 cm³/mol. The third-order valence-electron chi connectivity index (χ3n) is 1.82. The zero-order chi connectivity index (χ0) is 11.4. The Labute approximate surface area is 89.3 Å². The fourth-order valence-corrected chi connectivity index (χ4v) is 1.33.